The van der Waals surface area contributed by atoms with Crippen LogP contribution in [0.2, 0.25) is 0 Å². The summed E-state index contributed by atoms with van der Waals surface area (Å²) in [5, 5.41) is 6.86. The molecule has 0 aliphatic heterocycles. The first-order chi connectivity index (χ1) is 20.8. The predicted octanol–water partition coefficient (Wildman–Crippen LogP) is 4.30. The Morgan fingerprint density at radius 3 is 2.07 bits per heavy atom. The van der Waals surface area contributed by atoms with Gasteiger partial charge in [0.2, 0.25) is 0 Å². The van der Waals surface area contributed by atoms with E-state index >= 15 is 0 Å². The van der Waals surface area contributed by atoms with E-state index in [9.17, 15) is 18.0 Å². The van der Waals surface area contributed by atoms with Crippen LogP contribution < -0.4 is 24.5 Å². The average Bonchev–Trinajstić information content (AvgIpc) is 3.04. The monoisotopic (exact) mass is 600 g/mol. The molecular weight excluding hydrogens is 568 g/mol. The van der Waals surface area contributed by atoms with Crippen LogP contribution in [-0.4, -0.2) is 46.7 Å². The number of hydrazone groups is 1. The zero-order chi connectivity index (χ0) is 30.7. The highest BCUT2D eigenvalue weighted by atomic mass is 32.2. The van der Waals surface area contributed by atoms with Crippen LogP contribution in [0.1, 0.15) is 24.1 Å². The molecule has 4 aromatic carbocycles. The second-order valence-electron chi connectivity index (χ2n) is 9.37. The molecule has 222 valence electrons. The molecule has 0 aromatic heterocycles. The minimum atomic E-state index is -4.05. The van der Waals surface area contributed by atoms with E-state index < -0.39 is 22.5 Å². The summed E-state index contributed by atoms with van der Waals surface area (Å²) in [5.41, 5.74) is 4.32. The van der Waals surface area contributed by atoms with Crippen LogP contribution in [0.5, 0.6) is 11.5 Å². The topological polar surface area (TPSA) is 126 Å². The van der Waals surface area contributed by atoms with E-state index in [1.165, 1.54) is 25.5 Å². The Balaban J connectivity index is 1.33. The summed E-state index contributed by atoms with van der Waals surface area (Å²) >= 11 is 0. The minimum absolute atomic E-state index is 0.0487. The molecular formula is C32H32N4O6S. The van der Waals surface area contributed by atoms with Crippen LogP contribution in [-0.2, 0) is 19.6 Å². The van der Waals surface area contributed by atoms with Gasteiger partial charge in [0, 0.05) is 0 Å². The van der Waals surface area contributed by atoms with E-state index in [-0.39, 0.29) is 23.5 Å². The molecule has 0 spiro atoms. The lowest BCUT2D eigenvalue weighted by molar-refractivity contribution is -0.123. The van der Waals surface area contributed by atoms with Crippen molar-refractivity contribution in [2.75, 3.05) is 24.6 Å². The lowest BCUT2D eigenvalue weighted by atomic mass is 10.1. The van der Waals surface area contributed by atoms with Crippen molar-refractivity contribution in [1.29, 1.82) is 0 Å². The van der Waals surface area contributed by atoms with Gasteiger partial charge in [0.05, 0.1) is 29.9 Å². The number of methoxy groups -OCH3 is 1. The summed E-state index contributed by atoms with van der Waals surface area (Å²) in [6, 6.07) is 30.5. The number of sulfonamides is 1. The standard InChI is InChI=1S/C32H32N4O6S/c1-24(26-9-5-3-6-10-26)34-32(38)23-42-29-17-13-25(14-18-29)21-33-35-31(37)22-36(27-15-19-28(41-2)20-16-27)43(39,40)30-11-7-4-8-12-30/h3-21,24H,22-23H2,1-2H3,(H,34,38)(H,35,37)/b33-21-/t24-/m0/s1. The molecule has 1 atom stereocenters. The molecule has 0 aliphatic rings. The van der Waals surface area contributed by atoms with Crippen LogP contribution in [0.25, 0.3) is 0 Å². The van der Waals surface area contributed by atoms with Gasteiger partial charge in [0.25, 0.3) is 21.8 Å². The SMILES string of the molecule is COc1ccc(N(CC(=O)N/N=C\c2ccc(OCC(=O)N[C@@H](C)c3ccccc3)cc2)S(=O)(=O)c2ccccc2)cc1. The van der Waals surface area contributed by atoms with Crippen molar-refractivity contribution in [1.82, 2.24) is 10.7 Å². The molecule has 0 bridgehead atoms. The smallest absolute Gasteiger partial charge is 0.264 e. The summed E-state index contributed by atoms with van der Waals surface area (Å²) < 4.78 is 38.6. The minimum Gasteiger partial charge on any atom is -0.497 e. The highest BCUT2D eigenvalue weighted by Gasteiger charge is 2.27. The van der Waals surface area contributed by atoms with Crippen molar-refractivity contribution in [2.24, 2.45) is 5.10 Å². The van der Waals surface area contributed by atoms with Gasteiger partial charge in [-0.05, 0) is 78.7 Å². The molecule has 4 aromatic rings. The lowest BCUT2D eigenvalue weighted by Gasteiger charge is -2.23. The van der Waals surface area contributed by atoms with Crippen LogP contribution in [0.4, 0.5) is 5.69 Å². The molecule has 0 saturated heterocycles. The first-order valence-corrected chi connectivity index (χ1v) is 14.8. The molecule has 10 nitrogen and oxygen atoms in total. The van der Waals surface area contributed by atoms with Crippen LogP contribution >= 0.6 is 0 Å². The van der Waals surface area contributed by atoms with Crippen molar-refractivity contribution in [3.8, 4) is 11.5 Å². The average molecular weight is 601 g/mol. The van der Waals surface area contributed by atoms with Gasteiger partial charge in [-0.25, -0.2) is 13.8 Å². The molecule has 0 aliphatic carbocycles. The largest absolute Gasteiger partial charge is 0.497 e. The normalized spacial score (nSPS) is 11.9. The number of carbonyl (C=O) groups is 2. The van der Waals surface area contributed by atoms with Gasteiger partial charge in [-0.15, -0.1) is 0 Å². The van der Waals surface area contributed by atoms with E-state index in [0.29, 0.717) is 22.7 Å². The number of carbonyl (C=O) groups excluding carboxylic acids is 2. The molecule has 4 rings (SSSR count). The summed E-state index contributed by atoms with van der Waals surface area (Å²) in [7, 11) is -2.54. The molecule has 0 saturated carbocycles. The number of hydrogen-bond donors (Lipinski definition) is 2. The summed E-state index contributed by atoms with van der Waals surface area (Å²) in [4.78, 5) is 25.1. The molecule has 43 heavy (non-hydrogen) atoms. The Hall–Kier alpha value is -5.16. The van der Waals surface area contributed by atoms with Crippen LogP contribution in [0.3, 0.4) is 0 Å². The Bertz CT molecular complexity index is 1630. The molecule has 11 heteroatoms. The number of benzene rings is 4. The van der Waals surface area contributed by atoms with Gasteiger partial charge >= 0.3 is 0 Å². The maximum absolute atomic E-state index is 13.4. The first kappa shape index (κ1) is 30.8. The molecule has 0 unspecified atom stereocenters. The molecule has 0 heterocycles. The van der Waals surface area contributed by atoms with E-state index in [1.807, 2.05) is 37.3 Å². The zero-order valence-electron chi connectivity index (χ0n) is 23.7. The Morgan fingerprint density at radius 2 is 1.44 bits per heavy atom. The first-order valence-electron chi connectivity index (χ1n) is 13.4. The van der Waals surface area contributed by atoms with E-state index in [1.54, 1.807) is 66.7 Å². The van der Waals surface area contributed by atoms with Gasteiger partial charge in [-0.2, -0.15) is 5.10 Å². The van der Waals surface area contributed by atoms with E-state index in [0.717, 1.165) is 9.87 Å². The molecule has 2 N–H and O–H groups in total. The lowest BCUT2D eigenvalue weighted by Crippen LogP contribution is -2.39. The Kier molecular flexibility index (Phi) is 10.5. The highest BCUT2D eigenvalue weighted by Crippen LogP contribution is 2.25. The Morgan fingerprint density at radius 1 is 0.837 bits per heavy atom. The summed E-state index contributed by atoms with van der Waals surface area (Å²) in [6.45, 7) is 1.26. The van der Waals surface area contributed by atoms with Crippen molar-refractivity contribution < 1.29 is 27.5 Å². The quantitative estimate of drug-likeness (QED) is 0.174. The van der Waals surface area contributed by atoms with Crippen LogP contribution in [0.15, 0.2) is 119 Å². The number of rotatable bonds is 13. The number of nitrogens with zero attached hydrogens (tertiary/aromatic N) is 2. The predicted molar refractivity (Wildman–Crippen MR) is 165 cm³/mol. The molecule has 2 amide bonds. The maximum Gasteiger partial charge on any atom is 0.264 e. The second kappa shape index (κ2) is 14.6. The highest BCUT2D eigenvalue weighted by molar-refractivity contribution is 7.92. The van der Waals surface area contributed by atoms with Gasteiger partial charge < -0.3 is 14.8 Å². The fourth-order valence-corrected chi connectivity index (χ4v) is 5.48. The number of amides is 2. The van der Waals surface area contributed by atoms with Crippen molar-refractivity contribution >= 4 is 33.7 Å². The number of nitrogens with one attached hydrogen (secondary N) is 2. The van der Waals surface area contributed by atoms with Crippen LogP contribution in [0, 0.1) is 0 Å². The van der Waals surface area contributed by atoms with Crippen molar-refractivity contribution in [3.05, 3.63) is 120 Å². The third-order valence-electron chi connectivity index (χ3n) is 6.31. The molecule has 0 radical (unpaired) electrons. The summed E-state index contributed by atoms with van der Waals surface area (Å²) in [6.07, 6.45) is 1.42. The van der Waals surface area contributed by atoms with Gasteiger partial charge in [0.15, 0.2) is 6.61 Å². The summed E-state index contributed by atoms with van der Waals surface area (Å²) in [5.74, 6) is 0.155. The van der Waals surface area contributed by atoms with E-state index in [4.69, 9.17) is 9.47 Å². The fraction of sp³-hybridized carbons (Fsp3) is 0.156. The zero-order valence-corrected chi connectivity index (χ0v) is 24.5. The third kappa shape index (κ3) is 8.66. The number of anilines is 1. The second-order valence-corrected chi connectivity index (χ2v) is 11.2. The number of hydrogen-bond acceptors (Lipinski definition) is 7. The Labute approximate surface area is 251 Å². The third-order valence-corrected chi connectivity index (χ3v) is 8.10. The maximum atomic E-state index is 13.4. The van der Waals surface area contributed by atoms with Gasteiger partial charge in [0.1, 0.15) is 18.0 Å². The number of ether oxygens (including phenoxy) is 2. The fourth-order valence-electron chi connectivity index (χ4n) is 4.04. The van der Waals surface area contributed by atoms with Gasteiger partial charge in [-0.1, -0.05) is 48.5 Å². The van der Waals surface area contributed by atoms with E-state index in [2.05, 4.69) is 15.8 Å². The van der Waals surface area contributed by atoms with Crippen molar-refractivity contribution in [3.63, 3.8) is 0 Å². The van der Waals surface area contributed by atoms with Gasteiger partial charge in [-0.3, -0.25) is 13.9 Å². The molecule has 0 fully saturated rings. The van der Waals surface area contributed by atoms with Crippen molar-refractivity contribution in [2.45, 2.75) is 17.9 Å².